The van der Waals surface area contributed by atoms with Crippen molar-refractivity contribution >= 4 is 29.2 Å². The van der Waals surface area contributed by atoms with Gasteiger partial charge >= 0.3 is 6.09 Å². The van der Waals surface area contributed by atoms with Crippen LogP contribution < -0.4 is 20.9 Å². The molecule has 0 saturated carbocycles. The molecular formula is C25H24F3N7O3. The molecule has 0 radical (unpaired) electrons. The van der Waals surface area contributed by atoms with Crippen molar-refractivity contribution in [2.24, 2.45) is 0 Å². The third kappa shape index (κ3) is 6.04. The van der Waals surface area contributed by atoms with Gasteiger partial charge in [-0.3, -0.25) is 0 Å². The van der Waals surface area contributed by atoms with Crippen molar-refractivity contribution < 1.29 is 27.8 Å². The van der Waals surface area contributed by atoms with Crippen LogP contribution in [0.2, 0.25) is 0 Å². The lowest BCUT2D eigenvalue weighted by molar-refractivity contribution is 0.122. The number of halogens is 3. The summed E-state index contributed by atoms with van der Waals surface area (Å²) in [5.41, 5.74) is 0.0521. The van der Waals surface area contributed by atoms with Gasteiger partial charge in [0.1, 0.15) is 11.9 Å². The normalized spacial score (nSPS) is 14.8. The first-order valence-corrected chi connectivity index (χ1v) is 11.6. The number of morpholine rings is 1. The minimum Gasteiger partial charge on any atom is -0.465 e. The van der Waals surface area contributed by atoms with Crippen molar-refractivity contribution in [3.63, 3.8) is 0 Å². The molecule has 1 fully saturated rings. The Balaban J connectivity index is 1.64. The van der Waals surface area contributed by atoms with Crippen molar-refractivity contribution in [3.8, 4) is 6.07 Å². The van der Waals surface area contributed by atoms with E-state index in [1.54, 1.807) is 11.0 Å². The summed E-state index contributed by atoms with van der Waals surface area (Å²) < 4.78 is 49.6. The fourth-order valence-electron chi connectivity index (χ4n) is 4.04. The second-order valence-corrected chi connectivity index (χ2v) is 8.46. The SMILES string of the molecule is C[C@H](NC(=O)O)[C@@H](Nc1nc(Nc2cnc(N3CCOCC3)c(F)c2)c(C#N)cc1F)c1ccccc1F. The molecule has 0 bridgehead atoms. The van der Waals surface area contributed by atoms with Gasteiger partial charge in [0.25, 0.3) is 0 Å². The summed E-state index contributed by atoms with van der Waals surface area (Å²) in [4.78, 5) is 21.3. The van der Waals surface area contributed by atoms with Crippen LogP contribution in [0.5, 0.6) is 0 Å². The maximum atomic E-state index is 15.0. The van der Waals surface area contributed by atoms with Gasteiger partial charge in [0.05, 0.1) is 42.7 Å². The molecule has 2 aromatic heterocycles. The van der Waals surface area contributed by atoms with Gasteiger partial charge in [-0.15, -0.1) is 0 Å². The van der Waals surface area contributed by atoms with Gasteiger partial charge in [-0.25, -0.2) is 27.9 Å². The van der Waals surface area contributed by atoms with Crippen molar-refractivity contribution in [1.82, 2.24) is 15.3 Å². The van der Waals surface area contributed by atoms with E-state index in [1.165, 1.54) is 37.4 Å². The Morgan fingerprint density at radius 2 is 1.87 bits per heavy atom. The van der Waals surface area contributed by atoms with Gasteiger partial charge in [-0.2, -0.15) is 5.26 Å². The first-order valence-electron chi connectivity index (χ1n) is 11.6. The van der Waals surface area contributed by atoms with Gasteiger partial charge in [0.15, 0.2) is 29.1 Å². The smallest absolute Gasteiger partial charge is 0.404 e. The molecule has 3 aromatic rings. The molecule has 1 aromatic carbocycles. The van der Waals surface area contributed by atoms with Crippen molar-refractivity contribution in [3.05, 3.63) is 71.2 Å². The molecule has 0 spiro atoms. The van der Waals surface area contributed by atoms with Crippen LogP contribution in [0.1, 0.15) is 24.1 Å². The number of benzene rings is 1. The largest absolute Gasteiger partial charge is 0.465 e. The second-order valence-electron chi connectivity index (χ2n) is 8.46. The number of aromatic nitrogens is 2. The summed E-state index contributed by atoms with van der Waals surface area (Å²) in [5, 5.41) is 26.4. The highest BCUT2D eigenvalue weighted by Crippen LogP contribution is 2.30. The quantitative estimate of drug-likeness (QED) is 0.341. The number of ether oxygens (including phenoxy) is 1. The Kier molecular flexibility index (Phi) is 8.12. The molecule has 1 aliphatic rings. The van der Waals surface area contributed by atoms with Crippen LogP contribution in [0.3, 0.4) is 0 Å². The third-order valence-corrected chi connectivity index (χ3v) is 5.88. The number of carboxylic acid groups (broad SMARTS) is 1. The monoisotopic (exact) mass is 527 g/mol. The third-order valence-electron chi connectivity index (χ3n) is 5.88. The van der Waals surface area contributed by atoms with Gasteiger partial charge in [-0.1, -0.05) is 18.2 Å². The summed E-state index contributed by atoms with van der Waals surface area (Å²) >= 11 is 0. The van der Waals surface area contributed by atoms with E-state index < -0.39 is 35.6 Å². The van der Waals surface area contributed by atoms with Crippen LogP contribution in [0.15, 0.2) is 42.6 Å². The van der Waals surface area contributed by atoms with E-state index in [0.29, 0.717) is 26.3 Å². The van der Waals surface area contributed by atoms with Crippen LogP contribution >= 0.6 is 0 Å². The zero-order valence-electron chi connectivity index (χ0n) is 20.2. The van der Waals surface area contributed by atoms with E-state index in [2.05, 4.69) is 25.9 Å². The summed E-state index contributed by atoms with van der Waals surface area (Å²) in [6.07, 6.45) is 0.0000594. The van der Waals surface area contributed by atoms with Gasteiger partial charge in [-0.05, 0) is 19.1 Å². The number of pyridine rings is 2. The van der Waals surface area contributed by atoms with Gasteiger partial charge in [0, 0.05) is 24.7 Å². The summed E-state index contributed by atoms with van der Waals surface area (Å²) in [6.45, 7) is 3.36. The Morgan fingerprint density at radius 3 is 2.53 bits per heavy atom. The number of nitriles is 1. The number of nitrogens with zero attached hydrogens (tertiary/aromatic N) is 4. The Hall–Kier alpha value is -4.57. The average Bonchev–Trinajstić information content (AvgIpc) is 2.89. The molecule has 198 valence electrons. The molecule has 1 amide bonds. The van der Waals surface area contributed by atoms with E-state index in [-0.39, 0.29) is 34.3 Å². The molecule has 4 rings (SSSR count). The maximum Gasteiger partial charge on any atom is 0.404 e. The van der Waals surface area contributed by atoms with Gasteiger partial charge < -0.3 is 30.7 Å². The van der Waals surface area contributed by atoms with E-state index in [4.69, 9.17) is 9.84 Å². The first-order chi connectivity index (χ1) is 18.3. The Labute approximate surface area is 216 Å². The van der Waals surface area contributed by atoms with Crippen molar-refractivity contribution in [2.45, 2.75) is 19.0 Å². The molecule has 0 unspecified atom stereocenters. The molecule has 2 atom stereocenters. The maximum absolute atomic E-state index is 15.0. The minimum atomic E-state index is -1.36. The first kappa shape index (κ1) is 26.5. The molecular weight excluding hydrogens is 503 g/mol. The highest BCUT2D eigenvalue weighted by Gasteiger charge is 2.26. The lowest BCUT2D eigenvalue weighted by atomic mass is 9.99. The van der Waals surface area contributed by atoms with Crippen molar-refractivity contribution in [1.29, 1.82) is 5.26 Å². The molecule has 3 heterocycles. The number of anilines is 4. The minimum absolute atomic E-state index is 0.0683. The molecule has 38 heavy (non-hydrogen) atoms. The van der Waals surface area contributed by atoms with Crippen LogP contribution in [-0.4, -0.2) is 53.5 Å². The topological polar surface area (TPSA) is 135 Å². The fourth-order valence-corrected chi connectivity index (χ4v) is 4.04. The molecule has 0 aliphatic carbocycles. The van der Waals surface area contributed by atoms with Crippen LogP contribution in [0.25, 0.3) is 0 Å². The van der Waals surface area contributed by atoms with E-state index in [0.717, 1.165) is 6.07 Å². The number of amides is 1. The lowest BCUT2D eigenvalue weighted by Gasteiger charge is -2.28. The fraction of sp³-hybridized carbons (Fsp3) is 0.280. The Morgan fingerprint density at radius 1 is 1.13 bits per heavy atom. The molecule has 4 N–H and O–H groups in total. The number of nitrogens with one attached hydrogen (secondary N) is 3. The van der Waals surface area contributed by atoms with Crippen LogP contribution in [0.4, 0.5) is 41.1 Å². The number of hydrogen-bond acceptors (Lipinski definition) is 8. The number of carbonyl (C=O) groups is 1. The Bertz CT molecular complexity index is 1360. The average molecular weight is 528 g/mol. The van der Waals surface area contributed by atoms with Crippen molar-refractivity contribution in [2.75, 3.05) is 41.8 Å². The molecule has 1 saturated heterocycles. The molecule has 10 nitrogen and oxygen atoms in total. The highest BCUT2D eigenvalue weighted by molar-refractivity contribution is 5.67. The summed E-state index contributed by atoms with van der Waals surface area (Å²) in [5.74, 6) is -2.51. The van der Waals surface area contributed by atoms with E-state index in [9.17, 15) is 23.2 Å². The van der Waals surface area contributed by atoms with Crippen LogP contribution in [0, 0.1) is 28.8 Å². The summed E-state index contributed by atoms with van der Waals surface area (Å²) in [7, 11) is 0. The number of rotatable bonds is 8. The standard InChI is InChI=1S/C25H24F3N7O3/c1-14(31-25(36)37)21(17-4-2-3-5-18(17)26)33-23-19(27)10-15(12-29)22(34-23)32-16-11-20(28)24(30-13-16)35-6-8-38-9-7-35/h2-5,10-11,13-14,21,31H,6-9H2,1H3,(H,36,37)(H2,32,33,34)/t14-,21+/m0/s1. The molecule has 13 heteroatoms. The zero-order valence-corrected chi connectivity index (χ0v) is 20.2. The lowest BCUT2D eigenvalue weighted by Crippen LogP contribution is -2.39. The van der Waals surface area contributed by atoms with Crippen LogP contribution in [-0.2, 0) is 4.74 Å². The highest BCUT2D eigenvalue weighted by atomic mass is 19.1. The second kappa shape index (κ2) is 11.7. The van der Waals surface area contributed by atoms with E-state index >= 15 is 0 Å². The number of hydrogen-bond donors (Lipinski definition) is 4. The van der Waals surface area contributed by atoms with Gasteiger partial charge in [0.2, 0.25) is 0 Å². The zero-order chi connectivity index (χ0) is 27.2. The summed E-state index contributed by atoms with van der Waals surface area (Å²) in [6, 6.07) is 7.57. The van der Waals surface area contributed by atoms with E-state index in [1.807, 2.05) is 6.07 Å². The molecule has 1 aliphatic heterocycles. The predicted molar refractivity (Wildman–Crippen MR) is 133 cm³/mol. The predicted octanol–water partition coefficient (Wildman–Crippen LogP) is 4.16.